The molecule has 0 fully saturated rings. The smallest absolute Gasteiger partial charge is 0.465 e. The number of hydrogen-bond donors (Lipinski definition) is 0. The van der Waals surface area contributed by atoms with Crippen molar-refractivity contribution in [1.29, 1.82) is 0 Å². The number of fused-ring (bicyclic) bond motifs is 1. The first-order chi connectivity index (χ1) is 9.31. The summed E-state index contributed by atoms with van der Waals surface area (Å²) in [6.45, 7) is 0. The van der Waals surface area contributed by atoms with Gasteiger partial charge in [0, 0.05) is 11.6 Å². The third-order valence-corrected chi connectivity index (χ3v) is 2.82. The van der Waals surface area contributed by atoms with Crippen LogP contribution in [0, 0.1) is 0 Å². The molecule has 106 valence electrons. The molecule has 0 N–H and O–H groups in total. The van der Waals surface area contributed by atoms with E-state index in [0.717, 1.165) is 19.2 Å². The summed E-state index contributed by atoms with van der Waals surface area (Å²) in [5, 5.41) is 0.116. The molecule has 20 heavy (non-hydrogen) atoms. The Morgan fingerprint density at radius 2 is 2.05 bits per heavy atom. The van der Waals surface area contributed by atoms with Gasteiger partial charge in [-0.05, 0) is 18.2 Å². The second-order valence-corrected chi connectivity index (χ2v) is 4.08. The zero-order chi connectivity index (χ0) is 14.9. The van der Waals surface area contributed by atoms with E-state index >= 15 is 0 Å². The maximum absolute atomic E-state index is 12.2. The van der Waals surface area contributed by atoms with Gasteiger partial charge in [0.15, 0.2) is 0 Å². The largest absolute Gasteiger partial charge is 0.573 e. The van der Waals surface area contributed by atoms with Gasteiger partial charge in [-0.25, -0.2) is 4.79 Å². The van der Waals surface area contributed by atoms with Crippen molar-refractivity contribution in [2.45, 2.75) is 6.36 Å². The van der Waals surface area contributed by atoms with Gasteiger partial charge >= 0.3 is 12.3 Å². The lowest BCUT2D eigenvalue weighted by atomic mass is 10.1. The molecular weight excluding hydrogens is 299 g/mol. The van der Waals surface area contributed by atoms with Gasteiger partial charge in [-0.2, -0.15) is 0 Å². The molecule has 0 radical (unpaired) electrons. The van der Waals surface area contributed by atoms with Gasteiger partial charge in [0.2, 0.25) is 0 Å². The normalized spacial score (nSPS) is 11.4. The molecule has 0 bridgehead atoms. The highest BCUT2D eigenvalue weighted by Gasteiger charge is 2.31. The monoisotopic (exact) mass is 305 g/mol. The lowest BCUT2D eigenvalue weighted by Gasteiger charge is -2.10. The number of alkyl halides is 3. The average Bonchev–Trinajstić information content (AvgIpc) is 2.37. The molecular formula is C12H7ClF3NO3. The molecule has 0 spiro atoms. The molecule has 0 aliphatic heterocycles. The van der Waals surface area contributed by atoms with Gasteiger partial charge in [-0.1, -0.05) is 11.6 Å². The van der Waals surface area contributed by atoms with Crippen LogP contribution in [0.4, 0.5) is 13.2 Å². The molecule has 1 aromatic heterocycles. The topological polar surface area (TPSA) is 48.4 Å². The van der Waals surface area contributed by atoms with Crippen molar-refractivity contribution < 1.29 is 27.4 Å². The van der Waals surface area contributed by atoms with Crippen LogP contribution in [-0.4, -0.2) is 24.4 Å². The summed E-state index contributed by atoms with van der Waals surface area (Å²) in [5.41, 5.74) is 0.294. The first-order valence-corrected chi connectivity index (χ1v) is 5.62. The molecule has 2 aromatic rings. The summed E-state index contributed by atoms with van der Waals surface area (Å²) in [7, 11) is 1.16. The zero-order valence-corrected chi connectivity index (χ0v) is 10.7. The lowest BCUT2D eigenvalue weighted by molar-refractivity contribution is -0.274. The zero-order valence-electron chi connectivity index (χ0n) is 9.99. The molecule has 8 heteroatoms. The van der Waals surface area contributed by atoms with Crippen LogP contribution < -0.4 is 4.74 Å². The van der Waals surface area contributed by atoms with Crippen molar-refractivity contribution in [3.63, 3.8) is 0 Å². The summed E-state index contributed by atoms with van der Waals surface area (Å²) in [4.78, 5) is 15.4. The fraction of sp³-hybridized carbons (Fsp3) is 0.167. The third kappa shape index (κ3) is 2.93. The molecule has 4 nitrogen and oxygen atoms in total. The number of carbonyl (C=O) groups is 1. The van der Waals surface area contributed by atoms with Crippen molar-refractivity contribution >= 4 is 28.5 Å². The average molecular weight is 306 g/mol. The Bertz CT molecular complexity index is 673. The maximum Gasteiger partial charge on any atom is 0.573 e. The highest BCUT2D eigenvalue weighted by Crippen LogP contribution is 2.31. The summed E-state index contributed by atoms with van der Waals surface area (Å²) < 4.78 is 44.8. The molecule has 0 saturated heterocycles. The number of rotatable bonds is 2. The van der Waals surface area contributed by atoms with Crippen LogP contribution in [0.1, 0.15) is 10.4 Å². The van der Waals surface area contributed by atoms with E-state index in [1.807, 2.05) is 0 Å². The minimum atomic E-state index is -4.81. The van der Waals surface area contributed by atoms with Crippen molar-refractivity contribution in [2.24, 2.45) is 0 Å². The summed E-state index contributed by atoms with van der Waals surface area (Å²) in [6, 6.07) is 3.48. The van der Waals surface area contributed by atoms with Gasteiger partial charge < -0.3 is 9.47 Å². The van der Waals surface area contributed by atoms with Crippen LogP contribution in [0.2, 0.25) is 5.02 Å². The van der Waals surface area contributed by atoms with Gasteiger partial charge in [0.25, 0.3) is 0 Å². The standard InChI is InChI=1S/C12H7ClF3NO3/c1-19-11(18)8-5-17-9-3-2-6(20-12(14,15)16)4-7(9)10(8)13/h2-5H,1H3. The van der Waals surface area contributed by atoms with Crippen LogP contribution >= 0.6 is 11.6 Å². The number of benzene rings is 1. The molecule has 1 aromatic carbocycles. The summed E-state index contributed by atoms with van der Waals surface area (Å²) >= 11 is 5.98. The molecule has 1 heterocycles. The number of ether oxygens (including phenoxy) is 2. The van der Waals surface area contributed by atoms with Crippen LogP contribution in [0.5, 0.6) is 5.75 Å². The second kappa shape index (κ2) is 5.16. The summed E-state index contributed by atoms with van der Waals surface area (Å²) in [6.07, 6.45) is -3.62. The molecule has 0 aliphatic carbocycles. The Morgan fingerprint density at radius 3 is 2.65 bits per heavy atom. The number of pyridine rings is 1. The number of esters is 1. The predicted octanol–water partition coefficient (Wildman–Crippen LogP) is 3.57. The van der Waals surface area contributed by atoms with E-state index < -0.39 is 18.1 Å². The van der Waals surface area contributed by atoms with E-state index in [9.17, 15) is 18.0 Å². The van der Waals surface area contributed by atoms with Crippen molar-refractivity contribution in [1.82, 2.24) is 4.98 Å². The molecule has 0 unspecified atom stereocenters. The third-order valence-electron chi connectivity index (χ3n) is 2.41. The number of methoxy groups -OCH3 is 1. The Morgan fingerprint density at radius 1 is 1.35 bits per heavy atom. The highest BCUT2D eigenvalue weighted by atomic mass is 35.5. The Kier molecular flexibility index (Phi) is 3.71. The van der Waals surface area contributed by atoms with Crippen LogP contribution in [0.15, 0.2) is 24.4 Å². The molecule has 0 saturated carbocycles. The van der Waals surface area contributed by atoms with Crippen molar-refractivity contribution in [3.05, 3.63) is 35.0 Å². The number of carbonyl (C=O) groups excluding carboxylic acids is 1. The number of halogens is 4. The van der Waals surface area contributed by atoms with Gasteiger partial charge in [-0.15, -0.1) is 13.2 Å². The second-order valence-electron chi connectivity index (χ2n) is 3.70. The van der Waals surface area contributed by atoms with Crippen molar-refractivity contribution in [3.8, 4) is 5.75 Å². The summed E-state index contributed by atoms with van der Waals surface area (Å²) in [5.74, 6) is -1.18. The fourth-order valence-corrected chi connectivity index (χ4v) is 1.87. The fourth-order valence-electron chi connectivity index (χ4n) is 1.59. The van der Waals surface area contributed by atoms with Gasteiger partial charge in [0.05, 0.1) is 23.2 Å². The number of aromatic nitrogens is 1. The van der Waals surface area contributed by atoms with Crippen LogP contribution in [-0.2, 0) is 4.74 Å². The van der Waals surface area contributed by atoms with Gasteiger partial charge in [0.1, 0.15) is 5.75 Å². The first kappa shape index (κ1) is 14.4. The van der Waals surface area contributed by atoms with E-state index in [2.05, 4.69) is 14.5 Å². The first-order valence-electron chi connectivity index (χ1n) is 5.24. The Balaban J connectivity index is 2.54. The lowest BCUT2D eigenvalue weighted by Crippen LogP contribution is -2.17. The van der Waals surface area contributed by atoms with E-state index in [0.29, 0.717) is 5.52 Å². The predicted molar refractivity (Wildman–Crippen MR) is 64.8 cm³/mol. The minimum absolute atomic E-state index is 0.0363. The molecule has 0 aliphatic rings. The SMILES string of the molecule is COC(=O)c1cnc2ccc(OC(F)(F)F)cc2c1Cl. The molecule has 0 atom stereocenters. The molecule has 0 amide bonds. The highest BCUT2D eigenvalue weighted by molar-refractivity contribution is 6.38. The van der Waals surface area contributed by atoms with E-state index in [4.69, 9.17) is 11.6 Å². The van der Waals surface area contributed by atoms with Gasteiger partial charge in [-0.3, -0.25) is 4.98 Å². The Labute approximate surface area is 116 Å². The van der Waals surface area contributed by atoms with Crippen LogP contribution in [0.25, 0.3) is 10.9 Å². The van der Waals surface area contributed by atoms with E-state index in [1.165, 1.54) is 12.3 Å². The van der Waals surface area contributed by atoms with E-state index in [1.54, 1.807) is 0 Å². The van der Waals surface area contributed by atoms with E-state index in [-0.39, 0.29) is 16.0 Å². The number of hydrogen-bond acceptors (Lipinski definition) is 4. The van der Waals surface area contributed by atoms with Crippen molar-refractivity contribution in [2.75, 3.05) is 7.11 Å². The minimum Gasteiger partial charge on any atom is -0.465 e. The quantitative estimate of drug-likeness (QED) is 0.796. The maximum atomic E-state index is 12.2. The Hall–Kier alpha value is -2.02. The molecule has 2 rings (SSSR count). The van der Waals surface area contributed by atoms with Crippen LogP contribution in [0.3, 0.4) is 0 Å². The number of nitrogens with zero attached hydrogens (tertiary/aromatic N) is 1.